The first-order valence-corrected chi connectivity index (χ1v) is 6.44. The van der Waals surface area contributed by atoms with E-state index in [1.165, 1.54) is 13.8 Å². The van der Waals surface area contributed by atoms with Crippen molar-refractivity contribution in [2.45, 2.75) is 25.6 Å². The van der Waals surface area contributed by atoms with Crippen LogP contribution in [0.25, 0.3) is 0 Å². The predicted octanol–water partition coefficient (Wildman–Crippen LogP) is 4.35. The summed E-state index contributed by atoms with van der Waals surface area (Å²) in [6.45, 7) is 2.60. The van der Waals surface area contributed by atoms with Crippen LogP contribution in [0.15, 0.2) is 40.0 Å². The molecular formula is C13H12F3IO2. The summed E-state index contributed by atoms with van der Waals surface area (Å²) >= 11 is 1.55. The lowest BCUT2D eigenvalue weighted by atomic mass is 9.95. The van der Waals surface area contributed by atoms with Crippen LogP contribution in [0.2, 0.25) is 0 Å². The Balaban J connectivity index is 3.29. The summed E-state index contributed by atoms with van der Waals surface area (Å²) in [5, 5.41) is 0. The highest BCUT2D eigenvalue weighted by atomic mass is 127. The van der Waals surface area contributed by atoms with Crippen LogP contribution in [0.4, 0.5) is 13.2 Å². The first-order valence-electron chi connectivity index (χ1n) is 5.36. The first kappa shape index (κ1) is 16.0. The highest BCUT2D eigenvalue weighted by Gasteiger charge is 2.37. The van der Waals surface area contributed by atoms with Crippen LogP contribution in [0, 0.1) is 0 Å². The molecule has 0 aliphatic carbocycles. The molecule has 0 saturated carbocycles. The second kappa shape index (κ2) is 5.94. The number of carbonyl (C=O) groups excluding carboxylic acids is 1. The number of halogens is 4. The minimum atomic E-state index is -4.47. The second-order valence-electron chi connectivity index (χ2n) is 4.03. The van der Waals surface area contributed by atoms with Crippen LogP contribution in [0.3, 0.4) is 0 Å². The van der Waals surface area contributed by atoms with Crippen molar-refractivity contribution in [2.24, 2.45) is 0 Å². The smallest absolute Gasteiger partial charge is 0.410 e. The van der Waals surface area contributed by atoms with Gasteiger partial charge in [0.05, 0.1) is 0 Å². The van der Waals surface area contributed by atoms with Crippen molar-refractivity contribution in [3.05, 3.63) is 45.6 Å². The van der Waals surface area contributed by atoms with Gasteiger partial charge in [0.15, 0.2) is 5.60 Å². The van der Waals surface area contributed by atoms with Gasteiger partial charge in [-0.3, -0.25) is 4.79 Å². The van der Waals surface area contributed by atoms with Crippen molar-refractivity contribution < 1.29 is 22.7 Å². The molecule has 0 heterocycles. The molecule has 0 bridgehead atoms. The van der Waals surface area contributed by atoms with E-state index in [4.69, 9.17) is 4.74 Å². The lowest BCUT2D eigenvalue weighted by Crippen LogP contribution is -2.29. The largest absolute Gasteiger partial charge is 0.449 e. The molecule has 0 fully saturated rings. The van der Waals surface area contributed by atoms with Crippen LogP contribution in [0.5, 0.6) is 0 Å². The number of allylic oxidation sites excluding steroid dienone is 1. The lowest BCUT2D eigenvalue weighted by Gasteiger charge is -2.30. The normalized spacial score (nSPS) is 15.8. The Morgan fingerprint density at radius 3 is 2.21 bits per heavy atom. The molecule has 0 aliphatic rings. The molecule has 0 radical (unpaired) electrons. The molecule has 1 unspecified atom stereocenters. The first-order chi connectivity index (χ1) is 8.65. The molecule has 0 saturated heterocycles. The molecule has 0 N–H and O–H groups in total. The SMILES string of the molecule is CC(=O)OC(C)(/C(I)=C/C(F)(F)F)c1ccccc1. The molecule has 19 heavy (non-hydrogen) atoms. The van der Waals surface area contributed by atoms with Crippen molar-refractivity contribution in [1.29, 1.82) is 0 Å². The fourth-order valence-corrected chi connectivity index (χ4v) is 2.35. The Morgan fingerprint density at radius 1 is 1.26 bits per heavy atom. The minimum absolute atomic E-state index is 0.112. The molecule has 6 heteroatoms. The quantitative estimate of drug-likeness (QED) is 0.573. The van der Waals surface area contributed by atoms with Crippen molar-refractivity contribution in [2.75, 3.05) is 0 Å². The summed E-state index contributed by atoms with van der Waals surface area (Å²) in [5.74, 6) is -0.643. The van der Waals surface area contributed by atoms with Gasteiger partial charge in [0, 0.05) is 22.1 Å². The molecule has 0 spiro atoms. The molecule has 1 rings (SSSR count). The molecule has 2 nitrogen and oxygen atoms in total. The number of hydrogen-bond acceptors (Lipinski definition) is 2. The zero-order valence-electron chi connectivity index (χ0n) is 10.3. The van der Waals surface area contributed by atoms with E-state index in [2.05, 4.69) is 0 Å². The Kier molecular flexibility index (Phi) is 5.00. The summed E-state index contributed by atoms with van der Waals surface area (Å²) < 4.78 is 42.4. The molecule has 1 aromatic carbocycles. The van der Waals surface area contributed by atoms with E-state index in [-0.39, 0.29) is 9.66 Å². The number of alkyl halides is 3. The molecule has 1 aromatic rings. The standard InChI is InChI=1S/C13H12F3IO2/c1-9(18)19-12(2,10-6-4-3-5-7-10)11(17)8-13(14,15)16/h3-8H,1-2H3/b11-8-. The van der Waals surface area contributed by atoms with E-state index >= 15 is 0 Å². The molecule has 1 atom stereocenters. The highest BCUT2D eigenvalue weighted by molar-refractivity contribution is 14.1. The number of carbonyl (C=O) groups is 1. The van der Waals surface area contributed by atoms with Gasteiger partial charge in [-0.25, -0.2) is 0 Å². The summed E-state index contributed by atoms with van der Waals surface area (Å²) in [7, 11) is 0. The Morgan fingerprint density at radius 2 is 1.79 bits per heavy atom. The third-order valence-corrected chi connectivity index (χ3v) is 3.76. The zero-order chi connectivity index (χ0) is 14.7. The highest BCUT2D eigenvalue weighted by Crippen LogP contribution is 2.39. The number of rotatable bonds is 3. The van der Waals surface area contributed by atoms with Gasteiger partial charge in [-0.05, 0) is 29.5 Å². The van der Waals surface area contributed by atoms with E-state index < -0.39 is 17.7 Å². The average molecular weight is 384 g/mol. The summed E-state index contributed by atoms with van der Waals surface area (Å²) in [4.78, 5) is 11.2. The summed E-state index contributed by atoms with van der Waals surface area (Å²) in [6, 6.07) is 8.32. The van der Waals surface area contributed by atoms with E-state index in [1.807, 2.05) is 0 Å². The van der Waals surface area contributed by atoms with E-state index in [9.17, 15) is 18.0 Å². The monoisotopic (exact) mass is 384 g/mol. The van der Waals surface area contributed by atoms with Crippen molar-refractivity contribution >= 4 is 28.6 Å². The maximum absolute atomic E-state index is 12.5. The molecule has 0 aromatic heterocycles. The van der Waals surface area contributed by atoms with Gasteiger partial charge in [-0.2, -0.15) is 13.2 Å². The van der Waals surface area contributed by atoms with Crippen molar-refractivity contribution in [3.63, 3.8) is 0 Å². The van der Waals surface area contributed by atoms with Gasteiger partial charge >= 0.3 is 12.1 Å². The topological polar surface area (TPSA) is 26.3 Å². The van der Waals surface area contributed by atoms with Crippen LogP contribution in [-0.4, -0.2) is 12.1 Å². The van der Waals surface area contributed by atoms with Crippen molar-refractivity contribution in [3.8, 4) is 0 Å². The lowest BCUT2D eigenvalue weighted by molar-refractivity contribution is -0.152. The second-order valence-corrected chi connectivity index (χ2v) is 5.19. The van der Waals surface area contributed by atoms with Gasteiger partial charge < -0.3 is 4.74 Å². The van der Waals surface area contributed by atoms with Crippen molar-refractivity contribution in [1.82, 2.24) is 0 Å². The van der Waals surface area contributed by atoms with E-state index in [1.54, 1.807) is 52.9 Å². The number of esters is 1. The van der Waals surface area contributed by atoms with E-state index in [0.717, 1.165) is 0 Å². The van der Waals surface area contributed by atoms with Crippen LogP contribution >= 0.6 is 22.6 Å². The Labute approximate surface area is 122 Å². The minimum Gasteiger partial charge on any atom is -0.449 e. The fourth-order valence-electron chi connectivity index (χ4n) is 1.57. The molecular weight excluding hydrogens is 372 g/mol. The third kappa shape index (κ3) is 4.52. The Bertz CT molecular complexity index is 482. The van der Waals surface area contributed by atoms with Crippen LogP contribution in [-0.2, 0) is 15.1 Å². The van der Waals surface area contributed by atoms with Gasteiger partial charge in [0.25, 0.3) is 0 Å². The summed E-state index contributed by atoms with van der Waals surface area (Å²) in [6.07, 6.45) is -4.32. The average Bonchev–Trinajstić information content (AvgIpc) is 2.26. The molecule has 104 valence electrons. The van der Waals surface area contributed by atoms with Crippen LogP contribution < -0.4 is 0 Å². The van der Waals surface area contributed by atoms with Crippen LogP contribution in [0.1, 0.15) is 19.4 Å². The number of benzene rings is 1. The van der Waals surface area contributed by atoms with E-state index in [0.29, 0.717) is 5.56 Å². The number of hydrogen-bond donors (Lipinski definition) is 0. The third-order valence-electron chi connectivity index (χ3n) is 2.42. The predicted molar refractivity (Wildman–Crippen MR) is 73.7 cm³/mol. The van der Waals surface area contributed by atoms with Gasteiger partial charge in [-0.1, -0.05) is 30.3 Å². The maximum atomic E-state index is 12.5. The number of ether oxygens (including phenoxy) is 1. The zero-order valence-corrected chi connectivity index (χ0v) is 12.4. The maximum Gasteiger partial charge on any atom is 0.410 e. The van der Waals surface area contributed by atoms with Gasteiger partial charge in [0.1, 0.15) is 0 Å². The molecule has 0 aliphatic heterocycles. The van der Waals surface area contributed by atoms with Gasteiger partial charge in [-0.15, -0.1) is 0 Å². The fraction of sp³-hybridized carbons (Fsp3) is 0.308. The summed E-state index contributed by atoms with van der Waals surface area (Å²) in [5.41, 5.74) is -0.960. The molecule has 0 amide bonds. The Hall–Kier alpha value is -1.05. The van der Waals surface area contributed by atoms with Gasteiger partial charge in [0.2, 0.25) is 0 Å².